The van der Waals surface area contributed by atoms with Crippen LogP contribution in [0, 0.1) is 12.3 Å². The Labute approximate surface area is 97.3 Å². The Kier molecular flexibility index (Phi) is 4.34. The summed E-state index contributed by atoms with van der Waals surface area (Å²) in [7, 11) is 0. The van der Waals surface area contributed by atoms with Gasteiger partial charge in [-0.05, 0) is 20.8 Å². The van der Waals surface area contributed by atoms with E-state index < -0.39 is 0 Å². The number of rotatable bonds is 3. The summed E-state index contributed by atoms with van der Waals surface area (Å²) in [4.78, 5) is 13.7. The molecule has 0 spiro atoms. The van der Waals surface area contributed by atoms with Gasteiger partial charge < -0.3 is 9.64 Å². The van der Waals surface area contributed by atoms with Crippen molar-refractivity contribution >= 4 is 5.91 Å². The van der Waals surface area contributed by atoms with Crippen LogP contribution >= 0.6 is 0 Å². The van der Waals surface area contributed by atoms with E-state index in [-0.39, 0.29) is 17.6 Å². The largest absolute Gasteiger partial charge is 0.369 e. The molecule has 0 aliphatic carbocycles. The Morgan fingerprint density at radius 2 is 2.38 bits per heavy atom. The van der Waals surface area contributed by atoms with Gasteiger partial charge in [0.1, 0.15) is 0 Å². The minimum Gasteiger partial charge on any atom is -0.369 e. The van der Waals surface area contributed by atoms with Crippen LogP contribution in [-0.2, 0) is 9.53 Å². The molecule has 1 N–H and O–H groups in total. The zero-order valence-corrected chi connectivity index (χ0v) is 10.2. The van der Waals surface area contributed by atoms with E-state index in [0.29, 0.717) is 26.2 Å². The summed E-state index contributed by atoms with van der Waals surface area (Å²) in [6, 6.07) is 0. The number of nitrogens with zero attached hydrogens (tertiary/aromatic N) is 1. The van der Waals surface area contributed by atoms with Crippen LogP contribution in [0.25, 0.3) is 0 Å². The first-order chi connectivity index (χ1) is 7.44. The maximum atomic E-state index is 11.8. The van der Waals surface area contributed by atoms with Gasteiger partial charge in [0.2, 0.25) is 5.91 Å². The van der Waals surface area contributed by atoms with Crippen LogP contribution in [0.15, 0.2) is 0 Å². The van der Waals surface area contributed by atoms with Crippen molar-refractivity contribution < 1.29 is 9.53 Å². The number of carbonyl (C=O) groups excluding carboxylic acids is 1. The molecule has 90 valence electrons. The molecule has 1 aliphatic heterocycles. The Balaban J connectivity index is 2.46. The lowest BCUT2D eigenvalue weighted by atomic mass is 10.1. The minimum atomic E-state index is -0.264. The van der Waals surface area contributed by atoms with Gasteiger partial charge in [-0.25, -0.2) is 0 Å². The fourth-order valence-electron chi connectivity index (χ4n) is 2.00. The second-order valence-electron chi connectivity index (χ2n) is 4.77. The Morgan fingerprint density at radius 3 is 2.94 bits per heavy atom. The molecule has 0 saturated carbocycles. The van der Waals surface area contributed by atoms with Crippen LogP contribution in [0.4, 0.5) is 0 Å². The molecule has 1 unspecified atom stereocenters. The van der Waals surface area contributed by atoms with Gasteiger partial charge in [-0.3, -0.25) is 10.1 Å². The lowest BCUT2D eigenvalue weighted by Crippen LogP contribution is -2.55. The third-order valence-corrected chi connectivity index (χ3v) is 2.43. The molecule has 1 rings (SSSR count). The molecule has 16 heavy (non-hydrogen) atoms. The summed E-state index contributed by atoms with van der Waals surface area (Å²) in [5, 5.41) is 2.91. The number of ether oxygens (including phenoxy) is 1. The summed E-state index contributed by atoms with van der Waals surface area (Å²) in [5.74, 6) is 2.53. The van der Waals surface area contributed by atoms with E-state index in [0.717, 1.165) is 0 Å². The van der Waals surface area contributed by atoms with E-state index in [2.05, 4.69) is 11.2 Å². The van der Waals surface area contributed by atoms with Gasteiger partial charge in [0.15, 0.2) is 0 Å². The first kappa shape index (κ1) is 13.0. The topological polar surface area (TPSA) is 41.6 Å². The Bertz CT molecular complexity index is 294. The van der Waals surface area contributed by atoms with Crippen molar-refractivity contribution in [2.24, 2.45) is 0 Å². The van der Waals surface area contributed by atoms with Crippen LogP contribution < -0.4 is 5.32 Å². The maximum absolute atomic E-state index is 11.8. The molecular weight excluding hydrogens is 204 g/mol. The predicted molar refractivity (Wildman–Crippen MR) is 62.9 cm³/mol. The van der Waals surface area contributed by atoms with Crippen LogP contribution in [0.3, 0.4) is 0 Å². The normalized spacial score (nSPS) is 23.9. The Hall–Kier alpha value is -1.05. The molecular formula is C12H20N2O2. The highest BCUT2D eigenvalue weighted by Gasteiger charge is 2.33. The van der Waals surface area contributed by atoms with E-state index in [1.54, 1.807) is 0 Å². The molecule has 0 bridgehead atoms. The van der Waals surface area contributed by atoms with Crippen molar-refractivity contribution in [1.82, 2.24) is 10.2 Å². The fraction of sp³-hybridized carbons (Fsp3) is 0.750. The lowest BCUT2D eigenvalue weighted by Gasteiger charge is -2.41. The Morgan fingerprint density at radius 1 is 1.69 bits per heavy atom. The summed E-state index contributed by atoms with van der Waals surface area (Å²) < 4.78 is 5.73. The monoisotopic (exact) mass is 224 g/mol. The summed E-state index contributed by atoms with van der Waals surface area (Å²) in [6.07, 6.45) is 5.18. The molecule has 1 atom stereocenters. The molecule has 1 fully saturated rings. The molecule has 0 aromatic rings. The van der Waals surface area contributed by atoms with Gasteiger partial charge in [0.25, 0.3) is 0 Å². The SMILES string of the molecule is C#CCNCC(=O)N1CC(C)OC(C)(C)C1. The van der Waals surface area contributed by atoms with Crippen molar-refractivity contribution in [1.29, 1.82) is 0 Å². The molecule has 0 aromatic heterocycles. The van der Waals surface area contributed by atoms with Gasteiger partial charge in [-0.15, -0.1) is 6.42 Å². The van der Waals surface area contributed by atoms with Gasteiger partial charge in [0.05, 0.1) is 24.8 Å². The molecule has 0 aromatic carbocycles. The molecule has 4 nitrogen and oxygen atoms in total. The van der Waals surface area contributed by atoms with Crippen molar-refractivity contribution in [3.63, 3.8) is 0 Å². The number of nitrogens with one attached hydrogen (secondary N) is 1. The highest BCUT2D eigenvalue weighted by molar-refractivity contribution is 5.78. The van der Waals surface area contributed by atoms with E-state index in [9.17, 15) is 4.79 Å². The second-order valence-corrected chi connectivity index (χ2v) is 4.77. The summed E-state index contributed by atoms with van der Waals surface area (Å²) in [6.45, 7) is 7.99. The van der Waals surface area contributed by atoms with Crippen LogP contribution in [0.2, 0.25) is 0 Å². The van der Waals surface area contributed by atoms with Crippen LogP contribution in [0.1, 0.15) is 20.8 Å². The molecule has 1 saturated heterocycles. The molecule has 1 amide bonds. The predicted octanol–water partition coefficient (Wildman–Crippen LogP) is 0.235. The zero-order valence-electron chi connectivity index (χ0n) is 10.2. The van der Waals surface area contributed by atoms with E-state index in [4.69, 9.17) is 11.2 Å². The number of amides is 1. The van der Waals surface area contributed by atoms with Gasteiger partial charge in [-0.1, -0.05) is 5.92 Å². The first-order valence-electron chi connectivity index (χ1n) is 5.54. The van der Waals surface area contributed by atoms with Gasteiger partial charge in [-0.2, -0.15) is 0 Å². The minimum absolute atomic E-state index is 0.0819. The molecule has 1 aliphatic rings. The third-order valence-electron chi connectivity index (χ3n) is 2.43. The van der Waals surface area contributed by atoms with E-state index in [1.165, 1.54) is 0 Å². The maximum Gasteiger partial charge on any atom is 0.236 e. The molecule has 0 radical (unpaired) electrons. The van der Waals surface area contributed by atoms with Gasteiger partial charge >= 0.3 is 0 Å². The van der Waals surface area contributed by atoms with Crippen LogP contribution in [-0.4, -0.2) is 48.7 Å². The van der Waals surface area contributed by atoms with Crippen molar-refractivity contribution in [3.05, 3.63) is 0 Å². The first-order valence-corrected chi connectivity index (χ1v) is 5.54. The van der Waals surface area contributed by atoms with Crippen molar-refractivity contribution in [3.8, 4) is 12.3 Å². The number of terminal acetylenes is 1. The standard InChI is InChI=1S/C12H20N2O2/c1-5-6-13-7-11(15)14-8-10(2)16-12(3,4)9-14/h1,10,13H,6-9H2,2-4H3. The number of carbonyl (C=O) groups is 1. The number of hydrogen-bond donors (Lipinski definition) is 1. The molecule has 1 heterocycles. The zero-order chi connectivity index (χ0) is 12.2. The summed E-state index contributed by atoms with van der Waals surface area (Å²) in [5.41, 5.74) is -0.264. The number of hydrogen-bond acceptors (Lipinski definition) is 3. The highest BCUT2D eigenvalue weighted by atomic mass is 16.5. The summed E-state index contributed by atoms with van der Waals surface area (Å²) >= 11 is 0. The van der Waals surface area contributed by atoms with E-state index in [1.807, 2.05) is 25.7 Å². The van der Waals surface area contributed by atoms with Crippen molar-refractivity contribution in [2.75, 3.05) is 26.2 Å². The lowest BCUT2D eigenvalue weighted by molar-refractivity contribution is -0.157. The third kappa shape index (κ3) is 3.84. The highest BCUT2D eigenvalue weighted by Crippen LogP contribution is 2.20. The number of morpholine rings is 1. The average molecular weight is 224 g/mol. The fourth-order valence-corrected chi connectivity index (χ4v) is 2.00. The average Bonchev–Trinajstić information content (AvgIpc) is 2.14. The smallest absolute Gasteiger partial charge is 0.236 e. The van der Waals surface area contributed by atoms with Crippen LogP contribution in [0.5, 0.6) is 0 Å². The quantitative estimate of drug-likeness (QED) is 0.551. The van der Waals surface area contributed by atoms with Gasteiger partial charge in [0, 0.05) is 13.1 Å². The molecule has 4 heteroatoms. The van der Waals surface area contributed by atoms with E-state index >= 15 is 0 Å². The van der Waals surface area contributed by atoms with Crippen molar-refractivity contribution in [2.45, 2.75) is 32.5 Å². The second kappa shape index (κ2) is 5.33.